The molecule has 0 spiro atoms. The van der Waals surface area contributed by atoms with Crippen LogP contribution in [0.25, 0.3) is 38.4 Å². The lowest BCUT2D eigenvalue weighted by Crippen LogP contribution is -1.96. The number of hydrogen-bond acceptors (Lipinski definition) is 4. The van der Waals surface area contributed by atoms with Crippen molar-refractivity contribution in [3.8, 4) is 28.7 Å². The maximum Gasteiger partial charge on any atom is 0.195 e. The molecule has 0 saturated heterocycles. The Kier molecular flexibility index (Phi) is 3.70. The van der Waals surface area contributed by atoms with E-state index in [1.807, 2.05) is 30.3 Å². The van der Waals surface area contributed by atoms with Crippen LogP contribution in [-0.2, 0) is 6.42 Å². The molecular weight excluding hydrogens is 352 g/mol. The zero-order valence-corrected chi connectivity index (χ0v) is 15.1. The highest BCUT2D eigenvalue weighted by Crippen LogP contribution is 2.33. The van der Waals surface area contributed by atoms with Crippen LogP contribution < -0.4 is 0 Å². The van der Waals surface area contributed by atoms with Crippen LogP contribution >= 0.6 is 11.3 Å². The van der Waals surface area contributed by atoms with Crippen molar-refractivity contribution < 1.29 is 0 Å². The SMILES string of the molecule is N#CCc1c(-c2ccc3ccccc3c2)nc2scc(-c3ccccn3)n12. The number of aromatic nitrogens is 3. The van der Waals surface area contributed by atoms with E-state index in [2.05, 4.69) is 51.2 Å². The molecule has 0 atom stereocenters. The number of nitrogens with zero attached hydrogens (tertiary/aromatic N) is 4. The molecule has 2 aromatic carbocycles. The number of thiazole rings is 1. The van der Waals surface area contributed by atoms with E-state index in [0.717, 1.165) is 33.3 Å². The quantitative estimate of drug-likeness (QED) is 0.433. The number of fused-ring (bicyclic) bond motifs is 2. The lowest BCUT2D eigenvalue weighted by Gasteiger charge is -2.05. The van der Waals surface area contributed by atoms with Crippen LogP contribution in [0, 0.1) is 11.3 Å². The maximum absolute atomic E-state index is 9.44. The monoisotopic (exact) mass is 366 g/mol. The molecule has 0 radical (unpaired) electrons. The highest BCUT2D eigenvalue weighted by molar-refractivity contribution is 7.15. The highest BCUT2D eigenvalue weighted by Gasteiger charge is 2.19. The molecule has 0 bridgehead atoms. The van der Waals surface area contributed by atoms with Crippen molar-refractivity contribution in [2.75, 3.05) is 0 Å². The van der Waals surface area contributed by atoms with Gasteiger partial charge in [-0.25, -0.2) is 4.98 Å². The van der Waals surface area contributed by atoms with E-state index >= 15 is 0 Å². The second-order valence-corrected chi connectivity index (χ2v) is 7.09. The van der Waals surface area contributed by atoms with E-state index in [-0.39, 0.29) is 0 Å². The van der Waals surface area contributed by atoms with Crippen LogP contribution in [0.15, 0.2) is 72.2 Å². The van der Waals surface area contributed by atoms with Crippen molar-refractivity contribution >= 4 is 27.1 Å². The van der Waals surface area contributed by atoms with E-state index in [1.165, 1.54) is 10.8 Å². The third kappa shape index (κ3) is 2.59. The predicted molar refractivity (Wildman–Crippen MR) is 109 cm³/mol. The van der Waals surface area contributed by atoms with Gasteiger partial charge in [0.25, 0.3) is 0 Å². The van der Waals surface area contributed by atoms with E-state index in [4.69, 9.17) is 4.98 Å². The molecule has 0 aliphatic rings. The van der Waals surface area contributed by atoms with Crippen LogP contribution in [0.5, 0.6) is 0 Å². The molecule has 0 aliphatic heterocycles. The smallest absolute Gasteiger partial charge is 0.195 e. The summed E-state index contributed by atoms with van der Waals surface area (Å²) in [6.07, 6.45) is 2.07. The topological polar surface area (TPSA) is 54.0 Å². The molecule has 128 valence electrons. The highest BCUT2D eigenvalue weighted by atomic mass is 32.1. The predicted octanol–water partition coefficient (Wildman–Crippen LogP) is 5.34. The van der Waals surface area contributed by atoms with Crippen molar-refractivity contribution in [1.82, 2.24) is 14.4 Å². The minimum absolute atomic E-state index is 0.292. The van der Waals surface area contributed by atoms with Crippen LogP contribution in [0.3, 0.4) is 0 Å². The second-order valence-electron chi connectivity index (χ2n) is 6.26. The fourth-order valence-electron chi connectivity index (χ4n) is 3.41. The first-order valence-electron chi connectivity index (χ1n) is 8.61. The second kappa shape index (κ2) is 6.35. The summed E-state index contributed by atoms with van der Waals surface area (Å²) < 4.78 is 2.07. The Morgan fingerprint density at radius 3 is 2.67 bits per heavy atom. The summed E-state index contributed by atoms with van der Waals surface area (Å²) in [5.41, 5.74) is 4.66. The van der Waals surface area contributed by atoms with Crippen LogP contribution in [-0.4, -0.2) is 14.4 Å². The molecule has 0 saturated carbocycles. The average molecular weight is 366 g/mol. The van der Waals surface area contributed by atoms with Crippen molar-refractivity contribution in [1.29, 1.82) is 5.26 Å². The lowest BCUT2D eigenvalue weighted by molar-refractivity contribution is 1.07. The minimum Gasteiger partial charge on any atom is -0.284 e. The number of pyridine rings is 1. The fourth-order valence-corrected chi connectivity index (χ4v) is 4.32. The van der Waals surface area contributed by atoms with E-state index in [9.17, 15) is 5.26 Å². The molecule has 0 aliphatic carbocycles. The van der Waals surface area contributed by atoms with E-state index in [1.54, 1.807) is 17.5 Å². The van der Waals surface area contributed by atoms with Gasteiger partial charge in [0.15, 0.2) is 4.96 Å². The van der Waals surface area contributed by atoms with E-state index < -0.39 is 0 Å². The van der Waals surface area contributed by atoms with Gasteiger partial charge in [-0.15, -0.1) is 11.3 Å². The van der Waals surface area contributed by atoms with Crippen LogP contribution in [0.1, 0.15) is 5.69 Å². The van der Waals surface area contributed by atoms with Gasteiger partial charge in [0.1, 0.15) is 0 Å². The molecule has 27 heavy (non-hydrogen) atoms. The molecule has 0 amide bonds. The first kappa shape index (κ1) is 15.7. The van der Waals surface area contributed by atoms with Gasteiger partial charge in [-0.3, -0.25) is 9.38 Å². The molecular formula is C22H14N4S. The summed E-state index contributed by atoms with van der Waals surface area (Å²) in [5.74, 6) is 0. The van der Waals surface area contributed by atoms with Crippen LogP contribution in [0.4, 0.5) is 0 Å². The zero-order chi connectivity index (χ0) is 18.2. The summed E-state index contributed by atoms with van der Waals surface area (Å²) in [4.78, 5) is 10.2. The average Bonchev–Trinajstić information content (AvgIpc) is 3.29. The Bertz CT molecular complexity index is 1310. The molecule has 0 fully saturated rings. The molecule has 3 aromatic heterocycles. The molecule has 5 heteroatoms. The van der Waals surface area contributed by atoms with Crippen molar-refractivity contribution in [3.05, 3.63) is 77.9 Å². The Labute approximate surface area is 160 Å². The summed E-state index contributed by atoms with van der Waals surface area (Å²) >= 11 is 1.57. The molecule has 5 rings (SSSR count). The number of rotatable bonds is 3. The number of nitriles is 1. The Morgan fingerprint density at radius 1 is 1.00 bits per heavy atom. The lowest BCUT2D eigenvalue weighted by atomic mass is 10.0. The van der Waals surface area contributed by atoms with Crippen LogP contribution in [0.2, 0.25) is 0 Å². The van der Waals surface area contributed by atoms with Gasteiger partial charge < -0.3 is 0 Å². The van der Waals surface area contributed by atoms with Gasteiger partial charge in [0.05, 0.1) is 35.3 Å². The third-order valence-electron chi connectivity index (χ3n) is 4.66. The van der Waals surface area contributed by atoms with Gasteiger partial charge in [-0.2, -0.15) is 5.26 Å². The van der Waals surface area contributed by atoms with Crippen molar-refractivity contribution in [2.45, 2.75) is 6.42 Å². The normalized spacial score (nSPS) is 11.1. The first-order valence-corrected chi connectivity index (χ1v) is 9.49. The molecule has 3 heterocycles. The molecule has 4 nitrogen and oxygen atoms in total. The van der Waals surface area contributed by atoms with Gasteiger partial charge in [0.2, 0.25) is 0 Å². The zero-order valence-electron chi connectivity index (χ0n) is 14.3. The van der Waals surface area contributed by atoms with Gasteiger partial charge in [-0.1, -0.05) is 42.5 Å². The summed E-state index contributed by atoms with van der Waals surface area (Å²) in [7, 11) is 0. The Morgan fingerprint density at radius 2 is 1.85 bits per heavy atom. The number of benzene rings is 2. The van der Waals surface area contributed by atoms with E-state index in [0.29, 0.717) is 6.42 Å². The fraction of sp³-hybridized carbons (Fsp3) is 0.0455. The van der Waals surface area contributed by atoms with Crippen molar-refractivity contribution in [2.24, 2.45) is 0 Å². The van der Waals surface area contributed by atoms with Crippen molar-refractivity contribution in [3.63, 3.8) is 0 Å². The number of imidazole rings is 1. The summed E-state index contributed by atoms with van der Waals surface area (Å²) in [5, 5.41) is 13.8. The standard InChI is InChI=1S/C22H14N4S/c23-11-10-19-21(17-9-8-15-5-1-2-6-16(15)13-17)25-22-26(19)20(14-27-22)18-7-3-4-12-24-18/h1-9,12-14H,10H2. The molecule has 0 N–H and O–H groups in total. The Hall–Kier alpha value is -3.49. The van der Waals surface area contributed by atoms with Gasteiger partial charge in [-0.05, 0) is 29.0 Å². The Balaban J connectivity index is 1.76. The van der Waals surface area contributed by atoms with Gasteiger partial charge in [0, 0.05) is 17.1 Å². The number of hydrogen-bond donors (Lipinski definition) is 0. The van der Waals surface area contributed by atoms with Gasteiger partial charge >= 0.3 is 0 Å². The minimum atomic E-state index is 0.292. The maximum atomic E-state index is 9.44. The molecule has 5 aromatic rings. The first-order chi connectivity index (χ1) is 13.3. The third-order valence-corrected chi connectivity index (χ3v) is 5.48. The summed E-state index contributed by atoms with van der Waals surface area (Å²) in [6, 6.07) is 22.7. The molecule has 0 unspecified atom stereocenters. The summed E-state index contributed by atoms with van der Waals surface area (Å²) in [6.45, 7) is 0. The largest absolute Gasteiger partial charge is 0.284 e.